The Morgan fingerprint density at radius 3 is 2.88 bits per heavy atom. The van der Waals surface area contributed by atoms with Crippen LogP contribution in [0.2, 0.25) is 0 Å². The first-order chi connectivity index (χ1) is 7.79. The van der Waals surface area contributed by atoms with E-state index in [0.717, 1.165) is 17.1 Å². The summed E-state index contributed by atoms with van der Waals surface area (Å²) in [6.45, 7) is 1.99. The van der Waals surface area contributed by atoms with Crippen LogP contribution in [0.15, 0.2) is 42.6 Å². The van der Waals surface area contributed by atoms with Gasteiger partial charge in [0.2, 0.25) is 0 Å². The number of rotatable bonds is 2. The second kappa shape index (κ2) is 4.45. The number of nitrogens with one attached hydrogen (secondary N) is 1. The first-order valence-corrected chi connectivity index (χ1v) is 4.98. The summed E-state index contributed by atoms with van der Waals surface area (Å²) >= 11 is 0. The Morgan fingerprint density at radius 2 is 2.12 bits per heavy atom. The normalized spacial score (nSPS) is 9.50. The summed E-state index contributed by atoms with van der Waals surface area (Å²) in [5, 5.41) is 12.0. The molecular formula is C13H11N3. The summed E-state index contributed by atoms with van der Waals surface area (Å²) in [6, 6.07) is 13.3. The summed E-state index contributed by atoms with van der Waals surface area (Å²) in [5.74, 6) is 0.817. The van der Waals surface area contributed by atoms with E-state index in [1.807, 2.05) is 31.2 Å². The Hall–Kier alpha value is -2.34. The maximum atomic E-state index is 8.79. The molecule has 1 heterocycles. The summed E-state index contributed by atoms with van der Waals surface area (Å²) in [4.78, 5) is 4.24. The van der Waals surface area contributed by atoms with Crippen LogP contribution in [0.4, 0.5) is 11.5 Å². The van der Waals surface area contributed by atoms with Gasteiger partial charge in [-0.25, -0.2) is 4.98 Å². The van der Waals surface area contributed by atoms with Crippen molar-refractivity contribution in [1.82, 2.24) is 4.98 Å². The Bertz CT molecular complexity index is 541. The highest BCUT2D eigenvalue weighted by Gasteiger charge is 1.99. The predicted octanol–water partition coefficient (Wildman–Crippen LogP) is 3.01. The van der Waals surface area contributed by atoms with Gasteiger partial charge in [0, 0.05) is 11.9 Å². The minimum atomic E-state index is 0.638. The zero-order valence-electron chi connectivity index (χ0n) is 8.94. The van der Waals surface area contributed by atoms with Crippen molar-refractivity contribution < 1.29 is 0 Å². The van der Waals surface area contributed by atoms with Gasteiger partial charge in [0.15, 0.2) is 0 Å². The van der Waals surface area contributed by atoms with Crippen molar-refractivity contribution in [3.05, 3.63) is 53.7 Å². The van der Waals surface area contributed by atoms with E-state index in [0.29, 0.717) is 5.56 Å². The largest absolute Gasteiger partial charge is 0.340 e. The van der Waals surface area contributed by atoms with Crippen LogP contribution < -0.4 is 5.32 Å². The van der Waals surface area contributed by atoms with Gasteiger partial charge in [0.05, 0.1) is 11.6 Å². The highest BCUT2D eigenvalue weighted by atomic mass is 15.0. The van der Waals surface area contributed by atoms with Gasteiger partial charge in [0.1, 0.15) is 5.82 Å². The smallest absolute Gasteiger partial charge is 0.133 e. The lowest BCUT2D eigenvalue weighted by atomic mass is 10.2. The van der Waals surface area contributed by atoms with Crippen LogP contribution in [0.25, 0.3) is 0 Å². The van der Waals surface area contributed by atoms with Crippen LogP contribution in [0.1, 0.15) is 11.1 Å². The number of anilines is 2. The van der Waals surface area contributed by atoms with Crippen LogP contribution >= 0.6 is 0 Å². The average Bonchev–Trinajstić information content (AvgIpc) is 2.32. The third kappa shape index (κ3) is 2.18. The summed E-state index contributed by atoms with van der Waals surface area (Å²) < 4.78 is 0. The fourth-order valence-electron chi connectivity index (χ4n) is 1.42. The van der Waals surface area contributed by atoms with E-state index in [-0.39, 0.29) is 0 Å². The number of hydrogen-bond acceptors (Lipinski definition) is 3. The van der Waals surface area contributed by atoms with Crippen molar-refractivity contribution in [2.24, 2.45) is 0 Å². The SMILES string of the molecule is Cc1cccnc1Nc1cccc(C#N)c1. The monoisotopic (exact) mass is 209 g/mol. The molecule has 0 fully saturated rings. The van der Waals surface area contributed by atoms with Crippen LogP contribution in [-0.2, 0) is 0 Å². The van der Waals surface area contributed by atoms with E-state index in [1.165, 1.54) is 0 Å². The minimum absolute atomic E-state index is 0.638. The second-order valence-corrected chi connectivity index (χ2v) is 3.49. The molecule has 0 bridgehead atoms. The molecule has 0 amide bonds. The van der Waals surface area contributed by atoms with Crippen LogP contribution in [0.5, 0.6) is 0 Å². The topological polar surface area (TPSA) is 48.7 Å². The van der Waals surface area contributed by atoms with Crippen molar-refractivity contribution in [1.29, 1.82) is 5.26 Å². The van der Waals surface area contributed by atoms with Gasteiger partial charge in [-0.3, -0.25) is 0 Å². The lowest BCUT2D eigenvalue weighted by molar-refractivity contribution is 1.26. The number of nitriles is 1. The quantitative estimate of drug-likeness (QED) is 0.827. The highest BCUT2D eigenvalue weighted by Crippen LogP contribution is 2.18. The Balaban J connectivity index is 2.28. The van der Waals surface area contributed by atoms with E-state index in [9.17, 15) is 0 Å². The van der Waals surface area contributed by atoms with Crippen LogP contribution in [0.3, 0.4) is 0 Å². The number of aryl methyl sites for hydroxylation is 1. The van der Waals surface area contributed by atoms with E-state index in [1.54, 1.807) is 18.3 Å². The predicted molar refractivity (Wildman–Crippen MR) is 63.4 cm³/mol. The first kappa shape index (κ1) is 10.2. The standard InChI is InChI=1S/C13H11N3/c1-10-4-3-7-15-13(10)16-12-6-2-5-11(8-12)9-14/h2-8H,1H3,(H,15,16). The van der Waals surface area contributed by atoms with Gasteiger partial charge in [-0.2, -0.15) is 5.26 Å². The zero-order chi connectivity index (χ0) is 11.4. The van der Waals surface area contributed by atoms with Crippen molar-refractivity contribution in [3.8, 4) is 6.07 Å². The highest BCUT2D eigenvalue weighted by molar-refractivity contribution is 5.60. The third-order valence-electron chi connectivity index (χ3n) is 2.26. The summed E-state index contributed by atoms with van der Waals surface area (Å²) in [5.41, 5.74) is 2.59. The number of aromatic nitrogens is 1. The number of nitrogens with zero attached hydrogens (tertiary/aromatic N) is 2. The molecule has 1 N–H and O–H groups in total. The molecule has 2 rings (SSSR count). The molecule has 0 unspecified atom stereocenters. The Kier molecular flexibility index (Phi) is 2.84. The van der Waals surface area contributed by atoms with E-state index < -0.39 is 0 Å². The van der Waals surface area contributed by atoms with Crippen LogP contribution in [-0.4, -0.2) is 4.98 Å². The third-order valence-corrected chi connectivity index (χ3v) is 2.26. The van der Waals surface area contributed by atoms with Gasteiger partial charge >= 0.3 is 0 Å². The van der Waals surface area contributed by atoms with Crippen molar-refractivity contribution in [2.75, 3.05) is 5.32 Å². The molecule has 16 heavy (non-hydrogen) atoms. The minimum Gasteiger partial charge on any atom is -0.340 e. The molecule has 1 aromatic carbocycles. The van der Waals surface area contributed by atoms with E-state index in [2.05, 4.69) is 16.4 Å². The number of pyridine rings is 1. The molecule has 0 saturated carbocycles. The summed E-state index contributed by atoms with van der Waals surface area (Å²) in [7, 11) is 0. The van der Waals surface area contributed by atoms with Gasteiger partial charge in [0.25, 0.3) is 0 Å². The van der Waals surface area contributed by atoms with Crippen LogP contribution in [0, 0.1) is 18.3 Å². The molecule has 3 heteroatoms. The van der Waals surface area contributed by atoms with Gasteiger partial charge < -0.3 is 5.32 Å². The second-order valence-electron chi connectivity index (χ2n) is 3.49. The van der Waals surface area contributed by atoms with E-state index in [4.69, 9.17) is 5.26 Å². The van der Waals surface area contributed by atoms with E-state index >= 15 is 0 Å². The lowest BCUT2D eigenvalue weighted by Crippen LogP contribution is -1.95. The molecule has 0 aliphatic rings. The molecule has 0 atom stereocenters. The fraction of sp³-hybridized carbons (Fsp3) is 0.0769. The first-order valence-electron chi connectivity index (χ1n) is 4.98. The molecule has 0 spiro atoms. The molecule has 1 aromatic heterocycles. The zero-order valence-corrected chi connectivity index (χ0v) is 8.94. The molecule has 0 aliphatic carbocycles. The summed E-state index contributed by atoms with van der Waals surface area (Å²) in [6.07, 6.45) is 1.74. The molecule has 0 radical (unpaired) electrons. The molecule has 2 aromatic rings. The maximum Gasteiger partial charge on any atom is 0.133 e. The van der Waals surface area contributed by atoms with Crippen molar-refractivity contribution >= 4 is 11.5 Å². The molecule has 78 valence electrons. The Labute approximate surface area is 94.4 Å². The number of benzene rings is 1. The molecule has 0 saturated heterocycles. The maximum absolute atomic E-state index is 8.79. The van der Waals surface area contributed by atoms with Crippen molar-refractivity contribution in [2.45, 2.75) is 6.92 Å². The molecule has 3 nitrogen and oxygen atoms in total. The Morgan fingerprint density at radius 1 is 1.25 bits per heavy atom. The number of hydrogen-bond donors (Lipinski definition) is 1. The van der Waals surface area contributed by atoms with Gasteiger partial charge in [-0.15, -0.1) is 0 Å². The van der Waals surface area contributed by atoms with Gasteiger partial charge in [-0.1, -0.05) is 12.1 Å². The molecular weight excluding hydrogens is 198 g/mol. The fourth-order valence-corrected chi connectivity index (χ4v) is 1.42. The van der Waals surface area contributed by atoms with Gasteiger partial charge in [-0.05, 0) is 36.8 Å². The average molecular weight is 209 g/mol. The molecule has 0 aliphatic heterocycles. The van der Waals surface area contributed by atoms with Crippen molar-refractivity contribution in [3.63, 3.8) is 0 Å². The lowest BCUT2D eigenvalue weighted by Gasteiger charge is -2.07.